The second-order valence-electron chi connectivity index (χ2n) is 6.65. The summed E-state index contributed by atoms with van der Waals surface area (Å²) in [4.78, 5) is 0. The molecule has 1 heteroatoms. The van der Waals surface area contributed by atoms with Gasteiger partial charge >= 0.3 is 0 Å². The van der Waals surface area contributed by atoms with Gasteiger partial charge in [0.15, 0.2) is 0 Å². The zero-order valence-corrected chi connectivity index (χ0v) is 13.3. The van der Waals surface area contributed by atoms with Gasteiger partial charge in [-0.15, -0.1) is 0 Å². The molecule has 1 aliphatic carbocycles. The molecule has 0 saturated heterocycles. The zero-order chi connectivity index (χ0) is 14.2. The van der Waals surface area contributed by atoms with Crippen molar-refractivity contribution in [1.29, 1.82) is 0 Å². The molecule has 0 amide bonds. The van der Waals surface area contributed by atoms with Crippen molar-refractivity contribution in [2.75, 3.05) is 13.1 Å². The van der Waals surface area contributed by atoms with Crippen LogP contribution in [0.5, 0.6) is 0 Å². The van der Waals surface area contributed by atoms with Gasteiger partial charge in [0.25, 0.3) is 0 Å². The van der Waals surface area contributed by atoms with Crippen LogP contribution in [-0.4, -0.2) is 13.1 Å². The molecule has 1 fully saturated rings. The maximum atomic E-state index is 3.64. The highest BCUT2D eigenvalue weighted by molar-refractivity contribution is 5.21. The molecule has 1 aromatic rings. The van der Waals surface area contributed by atoms with E-state index in [0.717, 1.165) is 18.4 Å². The van der Waals surface area contributed by atoms with Gasteiger partial charge in [0.2, 0.25) is 0 Å². The van der Waals surface area contributed by atoms with Crippen LogP contribution >= 0.6 is 0 Å². The smallest absolute Gasteiger partial charge is 0.00172 e. The molecular formula is C19H31N. The minimum Gasteiger partial charge on any atom is -0.316 e. The molecule has 0 aromatic heterocycles. The summed E-state index contributed by atoms with van der Waals surface area (Å²) in [7, 11) is 0. The van der Waals surface area contributed by atoms with Crippen molar-refractivity contribution < 1.29 is 0 Å². The third-order valence-electron chi connectivity index (χ3n) is 4.65. The molecule has 1 aromatic carbocycles. The highest BCUT2D eigenvalue weighted by Crippen LogP contribution is 2.31. The van der Waals surface area contributed by atoms with E-state index in [1.807, 2.05) is 0 Å². The fourth-order valence-electron chi connectivity index (χ4n) is 3.50. The molecule has 2 rings (SSSR count). The predicted molar refractivity (Wildman–Crippen MR) is 88.1 cm³/mol. The topological polar surface area (TPSA) is 12.0 Å². The highest BCUT2D eigenvalue weighted by atomic mass is 14.8. The van der Waals surface area contributed by atoms with Crippen LogP contribution in [0.15, 0.2) is 24.3 Å². The molecule has 0 spiro atoms. The molecule has 0 radical (unpaired) electrons. The summed E-state index contributed by atoms with van der Waals surface area (Å²) in [6.07, 6.45) is 9.77. The van der Waals surface area contributed by atoms with E-state index in [1.165, 1.54) is 62.6 Å². The van der Waals surface area contributed by atoms with Crippen molar-refractivity contribution in [2.45, 2.75) is 58.8 Å². The monoisotopic (exact) mass is 273 g/mol. The van der Waals surface area contributed by atoms with Gasteiger partial charge in [-0.2, -0.15) is 0 Å². The van der Waals surface area contributed by atoms with Crippen LogP contribution in [0.2, 0.25) is 0 Å². The van der Waals surface area contributed by atoms with E-state index < -0.39 is 0 Å². The normalized spacial score (nSPS) is 17.5. The number of nitrogens with one attached hydrogen (secondary N) is 1. The first-order valence-electron chi connectivity index (χ1n) is 8.54. The largest absolute Gasteiger partial charge is 0.316 e. The van der Waals surface area contributed by atoms with Gasteiger partial charge in [0, 0.05) is 0 Å². The minimum absolute atomic E-state index is 0.812. The van der Waals surface area contributed by atoms with Crippen LogP contribution < -0.4 is 5.32 Å². The van der Waals surface area contributed by atoms with Crippen LogP contribution in [0.1, 0.15) is 56.6 Å². The van der Waals surface area contributed by atoms with Gasteiger partial charge in [-0.25, -0.2) is 0 Å². The van der Waals surface area contributed by atoms with Crippen LogP contribution in [0, 0.1) is 18.8 Å². The fraction of sp³-hybridized carbons (Fsp3) is 0.684. The maximum Gasteiger partial charge on any atom is -0.00172 e. The average molecular weight is 273 g/mol. The zero-order valence-electron chi connectivity index (χ0n) is 13.3. The SMILES string of the molecule is CCCNCC(Cc1ccc(C)cc1)CC1CCCC1. The Morgan fingerprint density at radius 2 is 1.85 bits per heavy atom. The predicted octanol–water partition coefficient (Wildman–Crippen LogP) is 4.73. The first-order chi connectivity index (χ1) is 9.78. The van der Waals surface area contributed by atoms with Crippen molar-refractivity contribution in [1.82, 2.24) is 5.32 Å². The number of aryl methyl sites for hydroxylation is 1. The van der Waals surface area contributed by atoms with Crippen molar-refractivity contribution in [3.63, 3.8) is 0 Å². The summed E-state index contributed by atoms with van der Waals surface area (Å²) < 4.78 is 0. The second-order valence-corrected chi connectivity index (χ2v) is 6.65. The average Bonchev–Trinajstić information content (AvgIpc) is 2.94. The molecule has 1 nitrogen and oxygen atoms in total. The van der Waals surface area contributed by atoms with E-state index in [-0.39, 0.29) is 0 Å². The number of benzene rings is 1. The molecule has 0 aliphatic heterocycles. The Morgan fingerprint density at radius 3 is 2.50 bits per heavy atom. The van der Waals surface area contributed by atoms with E-state index in [0.29, 0.717) is 0 Å². The summed E-state index contributed by atoms with van der Waals surface area (Å²) in [5.41, 5.74) is 2.88. The second kappa shape index (κ2) is 8.46. The third kappa shape index (κ3) is 5.28. The molecular weight excluding hydrogens is 242 g/mol. The highest BCUT2D eigenvalue weighted by Gasteiger charge is 2.20. The summed E-state index contributed by atoms with van der Waals surface area (Å²) in [6, 6.07) is 9.14. The van der Waals surface area contributed by atoms with Crippen LogP contribution in [-0.2, 0) is 6.42 Å². The van der Waals surface area contributed by atoms with Gasteiger partial charge in [-0.05, 0) is 56.7 Å². The Morgan fingerprint density at radius 1 is 1.15 bits per heavy atom. The van der Waals surface area contributed by atoms with Gasteiger partial charge in [0.05, 0.1) is 0 Å². The van der Waals surface area contributed by atoms with Gasteiger partial charge < -0.3 is 5.32 Å². The van der Waals surface area contributed by atoms with Crippen molar-refractivity contribution in [2.24, 2.45) is 11.8 Å². The van der Waals surface area contributed by atoms with E-state index >= 15 is 0 Å². The molecule has 112 valence electrons. The molecule has 1 N–H and O–H groups in total. The van der Waals surface area contributed by atoms with Crippen LogP contribution in [0.3, 0.4) is 0 Å². The Hall–Kier alpha value is -0.820. The molecule has 0 heterocycles. The summed E-state index contributed by atoms with van der Waals surface area (Å²) in [6.45, 7) is 6.77. The van der Waals surface area contributed by atoms with E-state index in [9.17, 15) is 0 Å². The summed E-state index contributed by atoms with van der Waals surface area (Å²) >= 11 is 0. The number of hydrogen-bond donors (Lipinski definition) is 1. The lowest BCUT2D eigenvalue weighted by molar-refractivity contribution is 0.357. The number of hydrogen-bond acceptors (Lipinski definition) is 1. The molecule has 20 heavy (non-hydrogen) atoms. The Kier molecular flexibility index (Phi) is 6.59. The Bertz CT molecular complexity index is 362. The Balaban J connectivity index is 1.88. The fourth-order valence-corrected chi connectivity index (χ4v) is 3.50. The standard InChI is InChI=1S/C19H31N/c1-3-12-20-15-19(13-17-6-4-5-7-17)14-18-10-8-16(2)9-11-18/h8-11,17,19-20H,3-7,12-15H2,1-2H3. The van der Waals surface area contributed by atoms with E-state index in [4.69, 9.17) is 0 Å². The third-order valence-corrected chi connectivity index (χ3v) is 4.65. The van der Waals surface area contributed by atoms with Gasteiger partial charge in [-0.3, -0.25) is 0 Å². The lowest BCUT2D eigenvalue weighted by atomic mass is 9.88. The maximum absolute atomic E-state index is 3.64. The molecule has 1 atom stereocenters. The van der Waals surface area contributed by atoms with E-state index in [2.05, 4.69) is 43.4 Å². The molecule has 0 bridgehead atoms. The molecule has 1 aliphatic rings. The lowest BCUT2D eigenvalue weighted by Crippen LogP contribution is -2.26. The van der Waals surface area contributed by atoms with Gasteiger partial charge in [0.1, 0.15) is 0 Å². The quantitative estimate of drug-likeness (QED) is 0.675. The first kappa shape index (κ1) is 15.6. The molecule has 1 unspecified atom stereocenters. The summed E-state index contributed by atoms with van der Waals surface area (Å²) in [5, 5.41) is 3.64. The van der Waals surface area contributed by atoms with Crippen LogP contribution in [0.25, 0.3) is 0 Å². The first-order valence-corrected chi connectivity index (χ1v) is 8.54. The van der Waals surface area contributed by atoms with E-state index in [1.54, 1.807) is 0 Å². The molecule has 1 saturated carbocycles. The van der Waals surface area contributed by atoms with Crippen molar-refractivity contribution in [3.05, 3.63) is 35.4 Å². The summed E-state index contributed by atoms with van der Waals surface area (Å²) in [5.74, 6) is 1.81. The lowest BCUT2D eigenvalue weighted by Gasteiger charge is -2.21. The minimum atomic E-state index is 0.812. The van der Waals surface area contributed by atoms with Crippen molar-refractivity contribution >= 4 is 0 Å². The number of rotatable bonds is 8. The van der Waals surface area contributed by atoms with Crippen molar-refractivity contribution in [3.8, 4) is 0 Å². The Labute approximate surface area is 125 Å². The van der Waals surface area contributed by atoms with Gasteiger partial charge in [-0.1, -0.05) is 62.4 Å². The van der Waals surface area contributed by atoms with Crippen LogP contribution in [0.4, 0.5) is 0 Å².